The third-order valence-corrected chi connectivity index (χ3v) is 4.10. The lowest BCUT2D eigenvalue weighted by molar-refractivity contribution is -0.116. The number of hydrogen-bond acceptors (Lipinski definition) is 4. The topological polar surface area (TPSA) is 76.2 Å². The molecule has 2 aliphatic heterocycles. The molecule has 1 unspecified atom stereocenters. The first-order valence-corrected chi connectivity index (χ1v) is 7.09. The summed E-state index contributed by atoms with van der Waals surface area (Å²) in [5.74, 6) is 2.12. The minimum Gasteiger partial charge on any atom is -0.493 e. The second-order valence-corrected chi connectivity index (χ2v) is 5.39. The second-order valence-electron chi connectivity index (χ2n) is 5.39. The number of nitrogens with one attached hydrogen (secondary N) is 2. The summed E-state index contributed by atoms with van der Waals surface area (Å²) < 4.78 is 11.2. The minimum atomic E-state index is -0.0147. The number of carbonyl (C=O) groups excluding carboxylic acids is 1. The third-order valence-electron chi connectivity index (χ3n) is 4.10. The van der Waals surface area contributed by atoms with Crippen molar-refractivity contribution in [3.05, 3.63) is 41.1 Å². The van der Waals surface area contributed by atoms with E-state index in [9.17, 15) is 4.79 Å². The SMILES string of the molecule is COc1cccc2c1OCC(C1CC(=O)Nc3[nH]ncc31)=C2. The molecule has 0 fully saturated rings. The molecule has 0 spiro atoms. The number of ether oxygens (including phenoxy) is 2. The Morgan fingerprint density at radius 2 is 2.32 bits per heavy atom. The first kappa shape index (κ1) is 12.9. The summed E-state index contributed by atoms with van der Waals surface area (Å²) in [7, 11) is 1.63. The van der Waals surface area contributed by atoms with Gasteiger partial charge in [0.2, 0.25) is 5.91 Å². The molecule has 1 aromatic carbocycles. The molecule has 0 saturated carbocycles. The molecular weight excluding hydrogens is 282 g/mol. The van der Waals surface area contributed by atoms with Crippen LogP contribution in [0.25, 0.3) is 6.08 Å². The van der Waals surface area contributed by atoms with Gasteiger partial charge in [-0.25, -0.2) is 0 Å². The normalized spacial score (nSPS) is 19.4. The molecule has 1 amide bonds. The first-order valence-electron chi connectivity index (χ1n) is 7.09. The smallest absolute Gasteiger partial charge is 0.226 e. The van der Waals surface area contributed by atoms with E-state index in [0.717, 1.165) is 28.2 Å². The van der Waals surface area contributed by atoms with E-state index >= 15 is 0 Å². The van der Waals surface area contributed by atoms with Crippen LogP contribution in [0.2, 0.25) is 0 Å². The predicted octanol–water partition coefficient (Wildman–Crippen LogP) is 2.32. The quantitative estimate of drug-likeness (QED) is 0.892. The highest BCUT2D eigenvalue weighted by Gasteiger charge is 2.31. The molecule has 4 rings (SSSR count). The Morgan fingerprint density at radius 1 is 1.41 bits per heavy atom. The number of aromatic amines is 1. The summed E-state index contributed by atoms with van der Waals surface area (Å²) in [6.07, 6.45) is 4.25. The highest BCUT2D eigenvalue weighted by atomic mass is 16.5. The average Bonchev–Trinajstić information content (AvgIpc) is 3.01. The lowest BCUT2D eigenvalue weighted by Gasteiger charge is -2.28. The van der Waals surface area contributed by atoms with Crippen molar-refractivity contribution in [1.29, 1.82) is 0 Å². The van der Waals surface area contributed by atoms with Gasteiger partial charge >= 0.3 is 0 Å². The third kappa shape index (κ3) is 1.95. The molecule has 0 radical (unpaired) electrons. The Morgan fingerprint density at radius 3 is 3.18 bits per heavy atom. The Labute approximate surface area is 127 Å². The summed E-state index contributed by atoms with van der Waals surface area (Å²) in [6, 6.07) is 5.79. The van der Waals surface area contributed by atoms with Crippen molar-refractivity contribution in [3.63, 3.8) is 0 Å². The fourth-order valence-corrected chi connectivity index (χ4v) is 3.04. The summed E-state index contributed by atoms with van der Waals surface area (Å²) >= 11 is 0. The van der Waals surface area contributed by atoms with Crippen LogP contribution in [0, 0.1) is 0 Å². The van der Waals surface area contributed by atoms with E-state index in [1.165, 1.54) is 0 Å². The molecule has 2 aliphatic rings. The summed E-state index contributed by atoms with van der Waals surface area (Å²) in [4.78, 5) is 11.9. The maximum Gasteiger partial charge on any atom is 0.226 e. The van der Waals surface area contributed by atoms with Crippen molar-refractivity contribution in [2.24, 2.45) is 0 Å². The molecule has 0 aliphatic carbocycles. The van der Waals surface area contributed by atoms with Crippen LogP contribution in [0.1, 0.15) is 23.5 Å². The van der Waals surface area contributed by atoms with Gasteiger partial charge < -0.3 is 14.8 Å². The maximum atomic E-state index is 11.9. The predicted molar refractivity (Wildman–Crippen MR) is 81.0 cm³/mol. The zero-order valence-electron chi connectivity index (χ0n) is 12.1. The number of rotatable bonds is 2. The van der Waals surface area contributed by atoms with Crippen LogP contribution >= 0.6 is 0 Å². The van der Waals surface area contributed by atoms with Crippen molar-refractivity contribution in [1.82, 2.24) is 10.2 Å². The highest BCUT2D eigenvalue weighted by molar-refractivity contribution is 5.94. The van der Waals surface area contributed by atoms with Gasteiger partial charge in [-0.05, 0) is 17.7 Å². The van der Waals surface area contributed by atoms with Crippen LogP contribution in [0.4, 0.5) is 5.82 Å². The van der Waals surface area contributed by atoms with Gasteiger partial charge in [0, 0.05) is 23.5 Å². The number of nitrogens with zero attached hydrogens (tertiary/aromatic N) is 1. The number of fused-ring (bicyclic) bond motifs is 2. The van der Waals surface area contributed by atoms with Crippen molar-refractivity contribution in [3.8, 4) is 11.5 Å². The fourth-order valence-electron chi connectivity index (χ4n) is 3.04. The highest BCUT2D eigenvalue weighted by Crippen LogP contribution is 2.42. The van der Waals surface area contributed by atoms with Gasteiger partial charge in [-0.15, -0.1) is 0 Å². The zero-order valence-corrected chi connectivity index (χ0v) is 12.1. The summed E-state index contributed by atoms with van der Waals surface area (Å²) in [5.41, 5.74) is 3.04. The number of anilines is 1. The molecule has 0 saturated heterocycles. The van der Waals surface area contributed by atoms with Gasteiger partial charge in [0.05, 0.1) is 13.3 Å². The molecular formula is C16H15N3O3. The van der Waals surface area contributed by atoms with E-state index in [2.05, 4.69) is 21.6 Å². The van der Waals surface area contributed by atoms with Gasteiger partial charge in [0.15, 0.2) is 11.5 Å². The largest absolute Gasteiger partial charge is 0.493 e. The molecule has 6 heteroatoms. The van der Waals surface area contributed by atoms with Crippen molar-refractivity contribution < 1.29 is 14.3 Å². The van der Waals surface area contributed by atoms with Crippen LogP contribution in [0.3, 0.4) is 0 Å². The number of para-hydroxylation sites is 1. The standard InChI is InChI=1S/C16H15N3O3/c1-21-13-4-2-3-9-5-10(8-22-15(9)13)11-6-14(20)18-16-12(11)7-17-19-16/h2-5,7,11H,6,8H2,1H3,(H2,17,18,19,20). The Balaban J connectivity index is 1.76. The summed E-state index contributed by atoms with van der Waals surface area (Å²) in [6.45, 7) is 0.440. The molecule has 3 heterocycles. The fraction of sp³-hybridized carbons (Fsp3) is 0.250. The van der Waals surface area contributed by atoms with Crippen molar-refractivity contribution in [2.45, 2.75) is 12.3 Å². The van der Waals surface area contributed by atoms with Crippen LogP contribution in [-0.4, -0.2) is 29.8 Å². The molecule has 1 aromatic heterocycles. The van der Waals surface area contributed by atoms with Crippen LogP contribution in [0.5, 0.6) is 11.5 Å². The number of amides is 1. The molecule has 2 N–H and O–H groups in total. The van der Waals surface area contributed by atoms with Gasteiger partial charge in [-0.1, -0.05) is 12.1 Å². The molecule has 6 nitrogen and oxygen atoms in total. The lowest BCUT2D eigenvalue weighted by atomic mass is 9.85. The van der Waals surface area contributed by atoms with E-state index < -0.39 is 0 Å². The Hall–Kier alpha value is -2.76. The van der Waals surface area contributed by atoms with Gasteiger partial charge in [0.1, 0.15) is 12.4 Å². The van der Waals surface area contributed by atoms with Crippen molar-refractivity contribution in [2.75, 3.05) is 19.0 Å². The summed E-state index contributed by atoms with van der Waals surface area (Å²) in [5, 5.41) is 9.65. The molecule has 112 valence electrons. The molecule has 22 heavy (non-hydrogen) atoms. The molecule has 0 bridgehead atoms. The minimum absolute atomic E-state index is 0.0122. The van der Waals surface area contributed by atoms with Crippen molar-refractivity contribution >= 4 is 17.8 Å². The van der Waals surface area contributed by atoms with Gasteiger partial charge in [-0.2, -0.15) is 5.10 Å². The maximum absolute atomic E-state index is 11.9. The Bertz CT molecular complexity index is 779. The molecule has 1 atom stereocenters. The number of aromatic nitrogens is 2. The first-order chi connectivity index (χ1) is 10.8. The number of methoxy groups -OCH3 is 1. The van der Waals surface area contributed by atoms with Gasteiger partial charge in [-0.3, -0.25) is 9.89 Å². The number of hydrogen-bond donors (Lipinski definition) is 2. The van der Waals surface area contributed by atoms with E-state index in [1.807, 2.05) is 18.2 Å². The number of H-pyrrole nitrogens is 1. The second kappa shape index (κ2) is 4.91. The van der Waals surface area contributed by atoms with E-state index in [1.54, 1.807) is 13.3 Å². The molecule has 2 aromatic rings. The van der Waals surface area contributed by atoms with E-state index in [0.29, 0.717) is 18.8 Å². The van der Waals surface area contributed by atoms with Crippen LogP contribution in [0.15, 0.2) is 30.0 Å². The van der Waals surface area contributed by atoms with E-state index in [-0.39, 0.29) is 11.8 Å². The zero-order chi connectivity index (χ0) is 15.1. The Kier molecular flexibility index (Phi) is 2.89. The number of carbonyl (C=O) groups is 1. The average molecular weight is 297 g/mol. The van der Waals surface area contributed by atoms with Crippen LogP contribution < -0.4 is 14.8 Å². The number of benzene rings is 1. The van der Waals surface area contributed by atoms with Crippen LogP contribution in [-0.2, 0) is 4.79 Å². The van der Waals surface area contributed by atoms with E-state index in [4.69, 9.17) is 9.47 Å². The monoisotopic (exact) mass is 297 g/mol. The van der Waals surface area contributed by atoms with Gasteiger partial charge in [0.25, 0.3) is 0 Å². The lowest BCUT2D eigenvalue weighted by Crippen LogP contribution is -2.25.